The molecular formula is C33H58N2O2. The molecule has 212 valence electrons. The van der Waals surface area contributed by atoms with Gasteiger partial charge in [-0.2, -0.15) is 0 Å². The van der Waals surface area contributed by atoms with Crippen LogP contribution >= 0.6 is 0 Å². The molecule has 0 aliphatic rings. The minimum absolute atomic E-state index is 0.317. The van der Waals surface area contributed by atoms with Crippen LogP contribution in [0.5, 0.6) is 0 Å². The summed E-state index contributed by atoms with van der Waals surface area (Å²) in [6.07, 6.45) is 31.7. The van der Waals surface area contributed by atoms with Gasteiger partial charge in [0.2, 0.25) is 0 Å². The van der Waals surface area contributed by atoms with Gasteiger partial charge in [0.05, 0.1) is 0 Å². The van der Waals surface area contributed by atoms with Crippen LogP contribution in [0.1, 0.15) is 155 Å². The lowest BCUT2D eigenvalue weighted by atomic mass is 9.89. The number of hydrogen-bond acceptors (Lipinski definition) is 3. The van der Waals surface area contributed by atoms with Crippen molar-refractivity contribution in [2.45, 2.75) is 155 Å². The third kappa shape index (κ3) is 20.9. The second kappa shape index (κ2) is 22.2. The van der Waals surface area contributed by atoms with Crippen LogP contribution in [-0.2, 0) is 4.74 Å². The molecule has 0 radical (unpaired) electrons. The van der Waals surface area contributed by atoms with Gasteiger partial charge in [-0.3, -0.25) is 4.98 Å². The van der Waals surface area contributed by atoms with Crippen molar-refractivity contribution in [2.75, 3.05) is 6.54 Å². The molecule has 1 amide bonds. The number of unbranched alkanes of at least 4 members (excludes halogenated alkanes) is 13. The van der Waals surface area contributed by atoms with Gasteiger partial charge < -0.3 is 10.1 Å². The molecule has 0 saturated carbocycles. The van der Waals surface area contributed by atoms with Crippen LogP contribution in [0.4, 0.5) is 4.79 Å². The van der Waals surface area contributed by atoms with Gasteiger partial charge in [0.25, 0.3) is 0 Å². The van der Waals surface area contributed by atoms with Gasteiger partial charge in [0.1, 0.15) is 5.60 Å². The molecule has 1 heterocycles. The lowest BCUT2D eigenvalue weighted by Gasteiger charge is -2.20. The smallest absolute Gasteiger partial charge is 0.407 e. The summed E-state index contributed by atoms with van der Waals surface area (Å²) >= 11 is 0. The Hall–Kier alpha value is -1.84. The predicted molar refractivity (Wildman–Crippen MR) is 159 cm³/mol. The highest BCUT2D eigenvalue weighted by Crippen LogP contribution is 2.28. The highest BCUT2D eigenvalue weighted by atomic mass is 16.6. The lowest BCUT2D eigenvalue weighted by molar-refractivity contribution is 0.0527. The zero-order chi connectivity index (χ0) is 27.0. The number of aromatic nitrogens is 1. The summed E-state index contributed by atoms with van der Waals surface area (Å²) < 4.78 is 5.31. The van der Waals surface area contributed by atoms with Crippen LogP contribution in [0.3, 0.4) is 0 Å². The molecule has 0 saturated heterocycles. The first-order valence-corrected chi connectivity index (χ1v) is 15.4. The Kier molecular flexibility index (Phi) is 19.9. The lowest BCUT2D eigenvalue weighted by Crippen LogP contribution is -2.33. The van der Waals surface area contributed by atoms with Crippen molar-refractivity contribution in [3.63, 3.8) is 0 Å². The number of pyridine rings is 1. The second-order valence-electron chi connectivity index (χ2n) is 11.6. The number of carbonyl (C=O) groups excluding carboxylic acids is 1. The van der Waals surface area contributed by atoms with Gasteiger partial charge >= 0.3 is 6.09 Å². The van der Waals surface area contributed by atoms with Crippen molar-refractivity contribution >= 4 is 6.09 Å². The number of amides is 1. The molecule has 1 rings (SSSR count). The van der Waals surface area contributed by atoms with E-state index in [9.17, 15) is 4.79 Å². The molecule has 37 heavy (non-hydrogen) atoms. The number of alkyl carbamates (subject to hydrolysis) is 1. The fourth-order valence-electron chi connectivity index (χ4n) is 4.77. The van der Waals surface area contributed by atoms with E-state index in [1.165, 1.54) is 102 Å². The van der Waals surface area contributed by atoms with Crippen molar-refractivity contribution in [1.29, 1.82) is 0 Å². The Labute approximate surface area is 229 Å². The zero-order valence-electron chi connectivity index (χ0n) is 24.7. The molecule has 0 aromatic carbocycles. The number of rotatable bonds is 22. The van der Waals surface area contributed by atoms with E-state index >= 15 is 0 Å². The quantitative estimate of drug-likeness (QED) is 0.124. The second-order valence-corrected chi connectivity index (χ2v) is 11.6. The minimum Gasteiger partial charge on any atom is -0.444 e. The Morgan fingerprint density at radius 1 is 0.811 bits per heavy atom. The molecule has 0 aliphatic heterocycles. The van der Waals surface area contributed by atoms with E-state index in [0.29, 0.717) is 12.5 Å². The zero-order valence-corrected chi connectivity index (χ0v) is 24.7. The summed E-state index contributed by atoms with van der Waals surface area (Å²) in [6.45, 7) is 8.63. The number of nitrogens with zero attached hydrogens (tertiary/aromatic N) is 1. The molecule has 1 unspecified atom stereocenters. The molecule has 0 fully saturated rings. The standard InChI is InChI=1S/C33H58N2O2/c1-5-6-7-8-9-10-11-12-13-14-15-16-17-18-19-20-23-30(31-25-28-34-29-26-31)24-21-22-27-35-32(36)37-33(2,3)4/h12-13,25-26,28-30H,5-11,14-24,27H2,1-4H3,(H,35,36)/b13-12-. The van der Waals surface area contributed by atoms with E-state index in [1.807, 2.05) is 33.2 Å². The van der Waals surface area contributed by atoms with Crippen LogP contribution < -0.4 is 5.32 Å². The normalized spacial score (nSPS) is 12.6. The highest BCUT2D eigenvalue weighted by molar-refractivity contribution is 5.67. The minimum atomic E-state index is -0.444. The van der Waals surface area contributed by atoms with Crippen molar-refractivity contribution in [1.82, 2.24) is 10.3 Å². The third-order valence-electron chi connectivity index (χ3n) is 6.89. The number of carbonyl (C=O) groups is 1. The molecule has 1 aromatic rings. The van der Waals surface area contributed by atoms with Gasteiger partial charge in [-0.25, -0.2) is 4.79 Å². The highest BCUT2D eigenvalue weighted by Gasteiger charge is 2.16. The average molecular weight is 515 g/mol. The van der Waals surface area contributed by atoms with Gasteiger partial charge in [0, 0.05) is 18.9 Å². The first kappa shape index (κ1) is 33.2. The molecule has 4 heteroatoms. The van der Waals surface area contributed by atoms with E-state index in [2.05, 4.69) is 41.5 Å². The molecule has 1 atom stereocenters. The van der Waals surface area contributed by atoms with Crippen LogP contribution in [0.25, 0.3) is 0 Å². The summed E-state index contributed by atoms with van der Waals surface area (Å²) in [7, 11) is 0. The predicted octanol–water partition coefficient (Wildman–Crippen LogP) is 10.3. The van der Waals surface area contributed by atoms with Gasteiger partial charge in [-0.1, -0.05) is 89.7 Å². The molecular weight excluding hydrogens is 456 g/mol. The number of hydrogen-bond donors (Lipinski definition) is 1. The number of ether oxygens (including phenoxy) is 1. The molecule has 0 aliphatic carbocycles. The van der Waals surface area contributed by atoms with Crippen molar-refractivity contribution in [2.24, 2.45) is 0 Å². The number of allylic oxidation sites excluding steroid dienone is 2. The first-order chi connectivity index (χ1) is 17.9. The maximum Gasteiger partial charge on any atom is 0.407 e. The average Bonchev–Trinajstić information content (AvgIpc) is 2.86. The summed E-state index contributed by atoms with van der Waals surface area (Å²) in [6, 6.07) is 4.34. The maximum absolute atomic E-state index is 11.8. The Morgan fingerprint density at radius 3 is 1.89 bits per heavy atom. The Bertz CT molecular complexity index is 681. The summed E-state index contributed by atoms with van der Waals surface area (Å²) in [5, 5.41) is 2.88. The summed E-state index contributed by atoms with van der Waals surface area (Å²) in [4.78, 5) is 16.0. The molecule has 1 N–H and O–H groups in total. The van der Waals surface area contributed by atoms with Gasteiger partial charge in [-0.05, 0) is 89.3 Å². The molecule has 4 nitrogen and oxygen atoms in total. The van der Waals surface area contributed by atoms with E-state index in [-0.39, 0.29) is 6.09 Å². The molecule has 0 bridgehead atoms. The number of nitrogens with one attached hydrogen (secondary N) is 1. The first-order valence-electron chi connectivity index (χ1n) is 15.4. The van der Waals surface area contributed by atoms with Gasteiger partial charge in [0.15, 0.2) is 0 Å². The maximum atomic E-state index is 11.8. The van der Waals surface area contributed by atoms with Crippen LogP contribution in [0.15, 0.2) is 36.7 Å². The van der Waals surface area contributed by atoms with E-state index < -0.39 is 5.60 Å². The largest absolute Gasteiger partial charge is 0.444 e. The molecule has 0 spiro atoms. The van der Waals surface area contributed by atoms with Crippen molar-refractivity contribution < 1.29 is 9.53 Å². The summed E-state index contributed by atoms with van der Waals surface area (Å²) in [5.41, 5.74) is 0.961. The van der Waals surface area contributed by atoms with Crippen LogP contribution in [-0.4, -0.2) is 23.2 Å². The topological polar surface area (TPSA) is 51.2 Å². The Balaban J connectivity index is 2.10. The van der Waals surface area contributed by atoms with Crippen molar-refractivity contribution in [3.8, 4) is 0 Å². The monoisotopic (exact) mass is 514 g/mol. The van der Waals surface area contributed by atoms with Crippen molar-refractivity contribution in [3.05, 3.63) is 42.2 Å². The van der Waals surface area contributed by atoms with Gasteiger partial charge in [-0.15, -0.1) is 0 Å². The van der Waals surface area contributed by atoms with E-state index in [1.54, 1.807) is 0 Å². The van der Waals surface area contributed by atoms with Crippen LogP contribution in [0.2, 0.25) is 0 Å². The summed E-state index contributed by atoms with van der Waals surface area (Å²) in [5.74, 6) is 0.585. The van der Waals surface area contributed by atoms with E-state index in [0.717, 1.165) is 19.3 Å². The fourth-order valence-corrected chi connectivity index (χ4v) is 4.77. The third-order valence-corrected chi connectivity index (χ3v) is 6.89. The Morgan fingerprint density at radius 2 is 1.32 bits per heavy atom. The SMILES string of the molecule is CCCCCCCC/C=C\CCCCCCCCC(CCCCNC(=O)OC(C)(C)C)c1ccncc1. The van der Waals surface area contributed by atoms with Crippen LogP contribution in [0, 0.1) is 0 Å². The fraction of sp³-hybridized carbons (Fsp3) is 0.758. The molecule has 1 aromatic heterocycles. The van der Waals surface area contributed by atoms with E-state index in [4.69, 9.17) is 4.74 Å².